The first-order valence-electron chi connectivity index (χ1n) is 12.9. The topological polar surface area (TPSA) is 119 Å². The average molecular weight is 713 g/mol. The fourth-order valence-electron chi connectivity index (χ4n) is 4.27. The van der Waals surface area contributed by atoms with Gasteiger partial charge in [-0.25, -0.2) is 0 Å². The van der Waals surface area contributed by atoms with E-state index in [0.29, 0.717) is 35.7 Å². The summed E-state index contributed by atoms with van der Waals surface area (Å²) in [5.74, 6) is -0.768. The van der Waals surface area contributed by atoms with Crippen molar-refractivity contribution in [1.82, 2.24) is 9.62 Å². The van der Waals surface area contributed by atoms with Crippen molar-refractivity contribution in [2.75, 3.05) is 38.3 Å². The van der Waals surface area contributed by atoms with Crippen molar-refractivity contribution in [2.45, 2.75) is 54.0 Å². The second kappa shape index (κ2) is 14.7. The van der Waals surface area contributed by atoms with Gasteiger partial charge in [-0.15, -0.1) is 0 Å². The molecule has 1 fully saturated rings. The Morgan fingerprint density at radius 3 is 2.55 bits per heavy atom. The molecule has 0 unspecified atom stereocenters. The molecule has 2 aromatic rings. The van der Waals surface area contributed by atoms with Crippen molar-refractivity contribution >= 4 is 33.4 Å². The molecule has 0 aromatic heterocycles. The van der Waals surface area contributed by atoms with Gasteiger partial charge in [-0.1, -0.05) is 0 Å². The molecule has 3 rings (SSSR count). The summed E-state index contributed by atoms with van der Waals surface area (Å²) in [6.45, 7) is 1.24. The Balaban J connectivity index is 1.75. The van der Waals surface area contributed by atoms with Gasteiger partial charge in [0.1, 0.15) is 0 Å². The second-order valence-electron chi connectivity index (χ2n) is 9.99. The molecular weight excluding hydrogens is 677 g/mol. The van der Waals surface area contributed by atoms with E-state index in [9.17, 15) is 27.7 Å². The Hall–Kier alpha value is -2.04. The molecule has 222 valence electrons. The normalized spacial score (nSPS) is 16.0. The summed E-state index contributed by atoms with van der Waals surface area (Å²) in [4.78, 5) is 26.3. The molecule has 2 aromatic carbocycles. The van der Waals surface area contributed by atoms with Crippen molar-refractivity contribution in [3.63, 3.8) is 0 Å². The summed E-state index contributed by atoms with van der Waals surface area (Å²) < 4.78 is 56.9. The van der Waals surface area contributed by atoms with Gasteiger partial charge in [0.25, 0.3) is 0 Å². The molecule has 0 heterocycles. The molecule has 0 aliphatic heterocycles. The summed E-state index contributed by atoms with van der Waals surface area (Å²) >= 11 is -0.303. The van der Waals surface area contributed by atoms with Crippen molar-refractivity contribution in [1.29, 1.82) is 0 Å². The van der Waals surface area contributed by atoms with E-state index in [-0.39, 0.29) is 36.2 Å². The molecule has 14 heteroatoms. The zero-order chi connectivity index (χ0) is 29.3. The Morgan fingerprint density at radius 2 is 1.90 bits per heavy atom. The SMILES string of the molecule is CN(C)CC[C@@H](CNc1ccc(S(=O)(=O)NC(=O)C2(F)CCCCC2)cc1[I-][N+](=O)O)CSc1ccccc1F. The standard InChI is InChI=1S/C26H35F2IN4O5S2/c1-32(2)15-12-19(18-39-24-9-5-4-8-21(24)27)17-30-23-11-10-20(16-22(23)29-33(35)36)40(37,38)31-25(34)26(28)13-6-3-7-14-26/h4-5,8-11,16,19,30H,3,6-7,12-15,17-18H2,1-2H3,(H,31,34)(H,35,36)/t19-/m0/s1. The third kappa shape index (κ3) is 9.52. The summed E-state index contributed by atoms with van der Waals surface area (Å²) in [6.07, 6.45) is 2.52. The zero-order valence-electron chi connectivity index (χ0n) is 22.4. The number of benzene rings is 2. The summed E-state index contributed by atoms with van der Waals surface area (Å²) in [5, 5.41) is 12.7. The molecule has 3 N–H and O–H groups in total. The second-order valence-corrected chi connectivity index (χ2v) is 15.2. The van der Waals surface area contributed by atoms with Gasteiger partial charge in [-0.2, -0.15) is 0 Å². The minimum atomic E-state index is -4.41. The van der Waals surface area contributed by atoms with E-state index in [0.717, 1.165) is 19.4 Å². The molecular formula is C26H35F2IN4O5S2. The van der Waals surface area contributed by atoms with Gasteiger partial charge in [-0.05, 0) is 0 Å². The van der Waals surface area contributed by atoms with Crippen molar-refractivity contribution in [3.05, 3.63) is 56.8 Å². The summed E-state index contributed by atoms with van der Waals surface area (Å²) in [5.41, 5.74) is -1.77. The van der Waals surface area contributed by atoms with Gasteiger partial charge in [0, 0.05) is 0 Å². The Morgan fingerprint density at radius 1 is 1.20 bits per heavy atom. The molecule has 0 bridgehead atoms. The van der Waals surface area contributed by atoms with Crippen molar-refractivity contribution < 1.29 is 51.8 Å². The predicted molar refractivity (Wildman–Crippen MR) is 145 cm³/mol. The number of nitrogens with one attached hydrogen (secondary N) is 2. The molecule has 1 saturated carbocycles. The van der Waals surface area contributed by atoms with Gasteiger partial charge >= 0.3 is 250 Å². The molecule has 1 aliphatic carbocycles. The van der Waals surface area contributed by atoms with Gasteiger partial charge in [0.2, 0.25) is 0 Å². The molecule has 0 radical (unpaired) electrons. The number of thioether (sulfide) groups is 1. The fourth-order valence-corrected chi connectivity index (χ4v) is 8.18. The maximum absolute atomic E-state index is 15.0. The van der Waals surface area contributed by atoms with Crippen molar-refractivity contribution in [2.24, 2.45) is 5.92 Å². The summed E-state index contributed by atoms with van der Waals surface area (Å²) in [7, 11) is -0.498. The van der Waals surface area contributed by atoms with E-state index < -0.39 is 43.1 Å². The number of halogens is 3. The quantitative estimate of drug-likeness (QED) is 0.117. The van der Waals surface area contributed by atoms with Gasteiger partial charge < -0.3 is 0 Å². The molecule has 1 amide bonds. The molecule has 1 atom stereocenters. The number of carbonyl (C=O) groups is 1. The predicted octanol–water partition coefficient (Wildman–Crippen LogP) is 1.42. The first-order valence-corrected chi connectivity index (χ1v) is 17.4. The first kappa shape index (κ1) is 32.5. The number of carbonyl (C=O) groups excluding carboxylic acids is 1. The molecule has 1 aliphatic rings. The first-order chi connectivity index (χ1) is 18.9. The van der Waals surface area contributed by atoms with E-state index >= 15 is 4.39 Å². The van der Waals surface area contributed by atoms with Gasteiger partial charge in [-0.3, -0.25) is 0 Å². The van der Waals surface area contributed by atoms with Crippen LogP contribution < -0.4 is 31.5 Å². The van der Waals surface area contributed by atoms with E-state index in [4.69, 9.17) is 0 Å². The number of anilines is 1. The molecule has 40 heavy (non-hydrogen) atoms. The van der Waals surface area contributed by atoms with Crippen LogP contribution >= 0.6 is 11.8 Å². The number of nitrogens with zero attached hydrogens (tertiary/aromatic N) is 2. The third-order valence-corrected chi connectivity index (χ3v) is 11.0. The van der Waals surface area contributed by atoms with Gasteiger partial charge in [0.05, 0.1) is 0 Å². The van der Waals surface area contributed by atoms with E-state index in [1.807, 2.05) is 23.7 Å². The molecule has 9 nitrogen and oxygen atoms in total. The monoisotopic (exact) mass is 712 g/mol. The zero-order valence-corrected chi connectivity index (χ0v) is 26.2. The van der Waals surface area contributed by atoms with Crippen LogP contribution in [0.1, 0.15) is 38.5 Å². The summed E-state index contributed by atoms with van der Waals surface area (Å²) in [6, 6.07) is 10.5. The molecule has 0 saturated heterocycles. The Labute approximate surface area is 248 Å². The Kier molecular flexibility index (Phi) is 12.0. The van der Waals surface area contributed by atoms with Crippen LogP contribution in [0.5, 0.6) is 0 Å². The van der Waals surface area contributed by atoms with Crippen LogP contribution in [0.3, 0.4) is 0 Å². The number of hydrogen-bond donors (Lipinski definition) is 3. The van der Waals surface area contributed by atoms with Crippen LogP contribution in [0.25, 0.3) is 0 Å². The van der Waals surface area contributed by atoms with Crippen LogP contribution in [0, 0.1) is 20.2 Å². The number of sulfonamides is 1. The Bertz CT molecular complexity index is 1290. The van der Waals surface area contributed by atoms with Crippen LogP contribution in [-0.2, 0) is 14.8 Å². The van der Waals surface area contributed by atoms with Crippen LogP contribution in [0.4, 0.5) is 14.5 Å². The van der Waals surface area contributed by atoms with E-state index in [1.54, 1.807) is 18.2 Å². The maximum atomic E-state index is 15.0. The number of rotatable bonds is 14. The third-order valence-electron chi connectivity index (χ3n) is 6.57. The minimum absolute atomic E-state index is 0.0339. The van der Waals surface area contributed by atoms with Crippen LogP contribution in [0.15, 0.2) is 52.3 Å². The van der Waals surface area contributed by atoms with E-state index in [1.165, 1.54) is 36.0 Å². The fraction of sp³-hybridized carbons (Fsp3) is 0.500. The van der Waals surface area contributed by atoms with Crippen molar-refractivity contribution in [3.8, 4) is 0 Å². The van der Waals surface area contributed by atoms with Gasteiger partial charge in [0.15, 0.2) is 0 Å². The van der Waals surface area contributed by atoms with E-state index in [2.05, 4.69) is 5.32 Å². The number of amides is 1. The van der Waals surface area contributed by atoms with Crippen LogP contribution in [-0.4, -0.2) is 66.2 Å². The number of hydrogen-bond acceptors (Lipinski definition) is 7. The molecule has 0 spiro atoms. The number of alkyl halides is 1. The average Bonchev–Trinajstić information content (AvgIpc) is 2.89. The van der Waals surface area contributed by atoms with Crippen LogP contribution in [0.2, 0.25) is 0 Å².